The van der Waals surface area contributed by atoms with E-state index in [9.17, 15) is 4.79 Å². The molecule has 2 aromatic rings. The molecule has 18 heavy (non-hydrogen) atoms. The zero-order chi connectivity index (χ0) is 12.5. The van der Waals surface area contributed by atoms with Gasteiger partial charge in [-0.25, -0.2) is 0 Å². The molecular formula is C14H13NO3. The van der Waals surface area contributed by atoms with Crippen LogP contribution in [-0.2, 0) is 0 Å². The molecule has 4 nitrogen and oxygen atoms in total. The van der Waals surface area contributed by atoms with Gasteiger partial charge < -0.3 is 14.5 Å². The van der Waals surface area contributed by atoms with E-state index in [1.165, 1.54) is 0 Å². The molecule has 0 bridgehead atoms. The lowest BCUT2D eigenvalue weighted by Gasteiger charge is -2.18. The van der Waals surface area contributed by atoms with Gasteiger partial charge in [-0.1, -0.05) is 6.07 Å². The summed E-state index contributed by atoms with van der Waals surface area (Å²) in [5, 5.41) is 0. The minimum absolute atomic E-state index is 0.0590. The second-order valence-corrected chi connectivity index (χ2v) is 4.26. The van der Waals surface area contributed by atoms with Crippen molar-refractivity contribution >= 4 is 0 Å². The van der Waals surface area contributed by atoms with E-state index in [-0.39, 0.29) is 5.56 Å². The molecule has 0 saturated heterocycles. The molecule has 0 saturated carbocycles. The number of aromatic amines is 1. The highest BCUT2D eigenvalue weighted by Gasteiger charge is 2.12. The van der Waals surface area contributed by atoms with E-state index in [4.69, 9.17) is 9.47 Å². The number of hydrogen-bond acceptors (Lipinski definition) is 3. The Balaban J connectivity index is 2.06. The fraction of sp³-hybridized carbons (Fsp3) is 0.214. The van der Waals surface area contributed by atoms with E-state index in [2.05, 4.69) is 4.98 Å². The number of benzene rings is 1. The molecule has 0 amide bonds. The van der Waals surface area contributed by atoms with Gasteiger partial charge >= 0.3 is 0 Å². The number of pyridine rings is 1. The van der Waals surface area contributed by atoms with Crippen LogP contribution >= 0.6 is 0 Å². The molecular weight excluding hydrogens is 230 g/mol. The Morgan fingerprint density at radius 3 is 2.61 bits per heavy atom. The number of nitrogens with one attached hydrogen (secondary N) is 1. The molecule has 1 aromatic heterocycles. The third-order valence-corrected chi connectivity index (χ3v) is 2.96. The highest BCUT2D eigenvalue weighted by atomic mass is 16.6. The summed E-state index contributed by atoms with van der Waals surface area (Å²) in [7, 11) is 0. The Labute approximate surface area is 104 Å². The third kappa shape index (κ3) is 1.86. The van der Waals surface area contributed by atoms with Crippen molar-refractivity contribution in [1.82, 2.24) is 4.98 Å². The van der Waals surface area contributed by atoms with E-state index in [0.29, 0.717) is 18.8 Å². The molecule has 1 aromatic carbocycles. The fourth-order valence-electron chi connectivity index (χ4n) is 1.99. The van der Waals surface area contributed by atoms with E-state index in [0.717, 1.165) is 22.6 Å². The van der Waals surface area contributed by atoms with Crippen LogP contribution in [0.15, 0.2) is 35.3 Å². The molecule has 0 atom stereocenters. The van der Waals surface area contributed by atoms with Gasteiger partial charge in [0.05, 0.1) is 0 Å². The van der Waals surface area contributed by atoms with E-state index >= 15 is 0 Å². The van der Waals surface area contributed by atoms with Gasteiger partial charge in [0.15, 0.2) is 11.5 Å². The number of H-pyrrole nitrogens is 1. The molecule has 0 unspecified atom stereocenters. The average molecular weight is 243 g/mol. The first-order valence-electron chi connectivity index (χ1n) is 5.83. The largest absolute Gasteiger partial charge is 0.486 e. The normalized spacial score (nSPS) is 13.4. The molecule has 2 heterocycles. The third-order valence-electron chi connectivity index (χ3n) is 2.96. The van der Waals surface area contributed by atoms with Crippen LogP contribution in [0.4, 0.5) is 0 Å². The number of aryl methyl sites for hydroxylation is 1. The number of aromatic nitrogens is 1. The van der Waals surface area contributed by atoms with Crippen LogP contribution in [0.2, 0.25) is 0 Å². The van der Waals surface area contributed by atoms with Gasteiger partial charge in [0.2, 0.25) is 0 Å². The standard InChI is InChI=1S/C14H13NO3/c1-9-6-11(8-15-14(9)16)10-2-3-12-13(7-10)18-5-4-17-12/h2-3,6-8H,4-5H2,1H3,(H,15,16). The van der Waals surface area contributed by atoms with Crippen LogP contribution in [-0.4, -0.2) is 18.2 Å². The lowest BCUT2D eigenvalue weighted by Crippen LogP contribution is -2.15. The molecule has 1 aliphatic heterocycles. The first-order valence-corrected chi connectivity index (χ1v) is 5.83. The second-order valence-electron chi connectivity index (χ2n) is 4.26. The molecule has 0 radical (unpaired) electrons. The van der Waals surface area contributed by atoms with E-state index in [1.54, 1.807) is 13.1 Å². The summed E-state index contributed by atoms with van der Waals surface area (Å²) in [6.45, 7) is 2.95. The summed E-state index contributed by atoms with van der Waals surface area (Å²) in [5.41, 5.74) is 2.60. The summed E-state index contributed by atoms with van der Waals surface area (Å²) in [6, 6.07) is 7.65. The molecule has 0 fully saturated rings. The Hall–Kier alpha value is -2.23. The molecule has 92 valence electrons. The van der Waals surface area contributed by atoms with E-state index in [1.807, 2.05) is 24.3 Å². The highest BCUT2D eigenvalue weighted by molar-refractivity contribution is 5.67. The van der Waals surface area contributed by atoms with Crippen molar-refractivity contribution < 1.29 is 9.47 Å². The summed E-state index contributed by atoms with van der Waals surface area (Å²) in [5.74, 6) is 1.52. The zero-order valence-electron chi connectivity index (χ0n) is 10.0. The molecule has 1 aliphatic rings. The maximum atomic E-state index is 11.3. The molecule has 0 aliphatic carbocycles. The van der Waals surface area contributed by atoms with Crippen molar-refractivity contribution in [3.63, 3.8) is 0 Å². The summed E-state index contributed by atoms with van der Waals surface area (Å²) < 4.78 is 11.0. The van der Waals surface area contributed by atoms with Gasteiger partial charge in [0.1, 0.15) is 13.2 Å². The van der Waals surface area contributed by atoms with Crippen LogP contribution in [0.1, 0.15) is 5.56 Å². The van der Waals surface area contributed by atoms with Crippen LogP contribution in [0.5, 0.6) is 11.5 Å². The van der Waals surface area contributed by atoms with Crippen molar-refractivity contribution in [2.24, 2.45) is 0 Å². The van der Waals surface area contributed by atoms with Crippen molar-refractivity contribution in [1.29, 1.82) is 0 Å². The van der Waals surface area contributed by atoms with E-state index < -0.39 is 0 Å². The van der Waals surface area contributed by atoms with Gasteiger partial charge in [-0.2, -0.15) is 0 Å². The molecule has 1 N–H and O–H groups in total. The van der Waals surface area contributed by atoms with Gasteiger partial charge in [-0.3, -0.25) is 4.79 Å². The SMILES string of the molecule is Cc1cc(-c2ccc3c(c2)OCCO3)c[nH]c1=O. The monoisotopic (exact) mass is 243 g/mol. The van der Waals surface area contributed by atoms with Crippen molar-refractivity contribution in [2.45, 2.75) is 6.92 Å². The maximum Gasteiger partial charge on any atom is 0.250 e. The smallest absolute Gasteiger partial charge is 0.250 e. The van der Waals surface area contributed by atoms with Crippen LogP contribution in [0, 0.1) is 6.92 Å². The van der Waals surface area contributed by atoms with Crippen LogP contribution < -0.4 is 15.0 Å². The van der Waals surface area contributed by atoms with Crippen molar-refractivity contribution in [3.8, 4) is 22.6 Å². The van der Waals surface area contributed by atoms with Crippen LogP contribution in [0.25, 0.3) is 11.1 Å². The lowest BCUT2D eigenvalue weighted by molar-refractivity contribution is 0.171. The second kappa shape index (κ2) is 4.22. The molecule has 0 spiro atoms. The summed E-state index contributed by atoms with van der Waals surface area (Å²) in [6.07, 6.45) is 1.71. The summed E-state index contributed by atoms with van der Waals surface area (Å²) in [4.78, 5) is 14.1. The number of hydrogen-bond donors (Lipinski definition) is 1. The number of fused-ring (bicyclic) bond motifs is 1. The van der Waals surface area contributed by atoms with Crippen LogP contribution in [0.3, 0.4) is 0 Å². The number of ether oxygens (including phenoxy) is 2. The Bertz CT molecular complexity index is 646. The quantitative estimate of drug-likeness (QED) is 0.834. The minimum Gasteiger partial charge on any atom is -0.486 e. The van der Waals surface area contributed by atoms with Gasteiger partial charge in [-0.15, -0.1) is 0 Å². The molecule has 3 rings (SSSR count). The lowest BCUT2D eigenvalue weighted by atomic mass is 10.1. The van der Waals surface area contributed by atoms with Crippen molar-refractivity contribution in [2.75, 3.05) is 13.2 Å². The first-order chi connectivity index (χ1) is 8.74. The van der Waals surface area contributed by atoms with Gasteiger partial charge in [-0.05, 0) is 36.2 Å². The van der Waals surface area contributed by atoms with Gasteiger partial charge in [0.25, 0.3) is 5.56 Å². The minimum atomic E-state index is -0.0590. The topological polar surface area (TPSA) is 51.3 Å². The van der Waals surface area contributed by atoms with Crippen molar-refractivity contribution in [3.05, 3.63) is 46.4 Å². The predicted octanol–water partition coefficient (Wildman–Crippen LogP) is 2.12. The average Bonchev–Trinajstić information content (AvgIpc) is 2.41. The Kier molecular flexibility index (Phi) is 2.55. The van der Waals surface area contributed by atoms with Gasteiger partial charge in [0, 0.05) is 11.8 Å². The Morgan fingerprint density at radius 2 is 1.83 bits per heavy atom. The first kappa shape index (κ1) is 10.9. The highest BCUT2D eigenvalue weighted by Crippen LogP contribution is 2.34. The predicted molar refractivity (Wildman–Crippen MR) is 68.2 cm³/mol. The number of rotatable bonds is 1. The molecule has 4 heteroatoms. The summed E-state index contributed by atoms with van der Waals surface area (Å²) >= 11 is 0. The zero-order valence-corrected chi connectivity index (χ0v) is 10.0. The Morgan fingerprint density at radius 1 is 1.06 bits per heavy atom. The fourth-order valence-corrected chi connectivity index (χ4v) is 1.99. The maximum absolute atomic E-state index is 11.3.